The predicted molar refractivity (Wildman–Crippen MR) is 73.7 cm³/mol. The van der Waals surface area contributed by atoms with Crippen molar-refractivity contribution in [3.63, 3.8) is 0 Å². The minimum absolute atomic E-state index is 0.785. The Kier molecular flexibility index (Phi) is 2.77. The van der Waals surface area contributed by atoms with E-state index in [9.17, 15) is 0 Å². The molecule has 86 valence electrons. The summed E-state index contributed by atoms with van der Waals surface area (Å²) in [6, 6.07) is 14.6. The molecule has 2 heteroatoms. The van der Waals surface area contributed by atoms with E-state index in [-0.39, 0.29) is 0 Å². The molecule has 0 saturated carbocycles. The van der Waals surface area contributed by atoms with Gasteiger partial charge in [0.25, 0.3) is 0 Å². The lowest BCUT2D eigenvalue weighted by molar-refractivity contribution is 0.830. The van der Waals surface area contributed by atoms with E-state index >= 15 is 0 Å². The number of aryl methyl sites for hydroxylation is 1. The van der Waals surface area contributed by atoms with Crippen molar-refractivity contribution in [1.29, 1.82) is 0 Å². The lowest BCUT2D eigenvalue weighted by Crippen LogP contribution is -2.11. The Labute approximate surface area is 106 Å². The van der Waals surface area contributed by atoms with E-state index < -0.39 is 0 Å². The van der Waals surface area contributed by atoms with Crippen molar-refractivity contribution in [3.05, 3.63) is 53.1 Å². The molecule has 0 bridgehead atoms. The molecule has 0 radical (unpaired) electrons. The Bertz CT molecular complexity index is 548. The molecule has 0 aromatic heterocycles. The summed E-state index contributed by atoms with van der Waals surface area (Å²) in [5.74, 6) is 0. The van der Waals surface area contributed by atoms with Crippen LogP contribution in [-0.4, -0.2) is 6.54 Å². The van der Waals surface area contributed by atoms with E-state index in [0.29, 0.717) is 0 Å². The van der Waals surface area contributed by atoms with Crippen molar-refractivity contribution in [2.75, 3.05) is 11.9 Å². The fourth-order valence-electron chi connectivity index (χ4n) is 2.31. The van der Waals surface area contributed by atoms with Crippen LogP contribution in [0, 0.1) is 0 Å². The van der Waals surface area contributed by atoms with Crippen LogP contribution in [0.4, 0.5) is 5.69 Å². The first kappa shape index (κ1) is 10.7. The highest BCUT2D eigenvalue weighted by atomic mass is 35.5. The van der Waals surface area contributed by atoms with Crippen LogP contribution in [0.2, 0.25) is 5.02 Å². The molecule has 1 aliphatic heterocycles. The maximum absolute atomic E-state index is 6.02. The first-order chi connectivity index (χ1) is 8.33. The standard InChI is InChI=1S/C15H14ClN/c16-14-5-1-3-12(9-14)13-7-6-11-4-2-8-17-15(11)10-13/h1,3,5-7,9-10,17H,2,4,8H2. The summed E-state index contributed by atoms with van der Waals surface area (Å²) in [6.07, 6.45) is 2.40. The van der Waals surface area contributed by atoms with Gasteiger partial charge < -0.3 is 5.32 Å². The van der Waals surface area contributed by atoms with Gasteiger partial charge in [0, 0.05) is 17.3 Å². The summed E-state index contributed by atoms with van der Waals surface area (Å²) < 4.78 is 0. The Balaban J connectivity index is 2.04. The summed E-state index contributed by atoms with van der Waals surface area (Å²) in [5.41, 5.74) is 5.09. The number of hydrogen-bond acceptors (Lipinski definition) is 1. The van der Waals surface area contributed by atoms with Crippen molar-refractivity contribution in [2.45, 2.75) is 12.8 Å². The molecular weight excluding hydrogens is 230 g/mol. The van der Waals surface area contributed by atoms with Gasteiger partial charge in [0.15, 0.2) is 0 Å². The highest BCUT2D eigenvalue weighted by molar-refractivity contribution is 6.30. The molecule has 0 fully saturated rings. The van der Waals surface area contributed by atoms with Gasteiger partial charge in [-0.25, -0.2) is 0 Å². The molecule has 0 amide bonds. The van der Waals surface area contributed by atoms with Gasteiger partial charge in [0.05, 0.1) is 0 Å². The highest BCUT2D eigenvalue weighted by Gasteiger charge is 2.09. The topological polar surface area (TPSA) is 12.0 Å². The van der Waals surface area contributed by atoms with Crippen LogP contribution in [0.5, 0.6) is 0 Å². The SMILES string of the molecule is Clc1cccc(-c2ccc3c(c2)NCCC3)c1. The van der Waals surface area contributed by atoms with Crippen LogP contribution in [0.1, 0.15) is 12.0 Å². The number of benzene rings is 2. The van der Waals surface area contributed by atoms with E-state index in [1.54, 1.807) is 0 Å². The van der Waals surface area contributed by atoms with Crippen LogP contribution in [0.15, 0.2) is 42.5 Å². The minimum Gasteiger partial charge on any atom is -0.385 e. The molecule has 0 aliphatic carbocycles. The molecule has 1 nitrogen and oxygen atoms in total. The zero-order valence-corrected chi connectivity index (χ0v) is 10.3. The largest absolute Gasteiger partial charge is 0.385 e. The molecule has 2 aromatic rings. The van der Waals surface area contributed by atoms with Crippen LogP contribution >= 0.6 is 11.6 Å². The van der Waals surface area contributed by atoms with Crippen molar-refractivity contribution >= 4 is 17.3 Å². The van der Waals surface area contributed by atoms with Crippen molar-refractivity contribution in [1.82, 2.24) is 0 Å². The Morgan fingerprint density at radius 3 is 2.76 bits per heavy atom. The normalized spacial score (nSPS) is 13.9. The molecule has 1 N–H and O–H groups in total. The van der Waals surface area contributed by atoms with Gasteiger partial charge in [-0.3, -0.25) is 0 Å². The lowest BCUT2D eigenvalue weighted by Gasteiger charge is -2.18. The Morgan fingerprint density at radius 1 is 1.00 bits per heavy atom. The van der Waals surface area contributed by atoms with E-state index in [1.165, 1.54) is 35.2 Å². The Morgan fingerprint density at radius 2 is 1.88 bits per heavy atom. The molecular formula is C15H14ClN. The van der Waals surface area contributed by atoms with E-state index in [4.69, 9.17) is 11.6 Å². The smallest absolute Gasteiger partial charge is 0.0412 e. The van der Waals surface area contributed by atoms with Crippen LogP contribution < -0.4 is 5.32 Å². The number of nitrogens with one attached hydrogen (secondary N) is 1. The number of halogens is 1. The van der Waals surface area contributed by atoms with E-state index in [0.717, 1.165) is 11.6 Å². The number of rotatable bonds is 1. The Hall–Kier alpha value is -1.47. The second-order valence-electron chi connectivity index (χ2n) is 4.41. The molecule has 0 saturated heterocycles. The molecule has 1 aliphatic rings. The number of fused-ring (bicyclic) bond motifs is 1. The van der Waals surface area contributed by atoms with Crippen molar-refractivity contribution in [2.24, 2.45) is 0 Å². The first-order valence-electron chi connectivity index (χ1n) is 5.96. The molecule has 2 aromatic carbocycles. The monoisotopic (exact) mass is 243 g/mol. The first-order valence-corrected chi connectivity index (χ1v) is 6.33. The minimum atomic E-state index is 0.785. The van der Waals surface area contributed by atoms with Gasteiger partial charge in [-0.15, -0.1) is 0 Å². The van der Waals surface area contributed by atoms with Crippen LogP contribution in [0.25, 0.3) is 11.1 Å². The number of hydrogen-bond donors (Lipinski definition) is 1. The second-order valence-corrected chi connectivity index (χ2v) is 4.85. The predicted octanol–water partition coefficient (Wildman–Crippen LogP) is 4.37. The van der Waals surface area contributed by atoms with E-state index in [2.05, 4.69) is 29.6 Å². The third-order valence-electron chi connectivity index (χ3n) is 3.21. The summed E-state index contributed by atoms with van der Waals surface area (Å²) in [5, 5.41) is 4.24. The zero-order chi connectivity index (χ0) is 11.7. The average Bonchev–Trinajstić information content (AvgIpc) is 2.38. The maximum Gasteiger partial charge on any atom is 0.0412 e. The summed E-state index contributed by atoms with van der Waals surface area (Å²) in [4.78, 5) is 0. The quantitative estimate of drug-likeness (QED) is 0.785. The molecule has 3 rings (SSSR count). The molecule has 0 spiro atoms. The summed E-state index contributed by atoms with van der Waals surface area (Å²) in [7, 11) is 0. The van der Waals surface area contributed by atoms with Gasteiger partial charge in [-0.2, -0.15) is 0 Å². The third-order valence-corrected chi connectivity index (χ3v) is 3.44. The van der Waals surface area contributed by atoms with Crippen molar-refractivity contribution in [3.8, 4) is 11.1 Å². The summed E-state index contributed by atoms with van der Waals surface area (Å²) in [6.45, 7) is 1.08. The van der Waals surface area contributed by atoms with Gasteiger partial charge >= 0.3 is 0 Å². The summed E-state index contributed by atoms with van der Waals surface area (Å²) >= 11 is 6.02. The molecule has 0 unspecified atom stereocenters. The van der Waals surface area contributed by atoms with Gasteiger partial charge in [-0.1, -0.05) is 35.9 Å². The lowest BCUT2D eigenvalue weighted by atomic mass is 9.98. The van der Waals surface area contributed by atoms with Gasteiger partial charge in [-0.05, 0) is 47.7 Å². The fraction of sp³-hybridized carbons (Fsp3) is 0.200. The van der Waals surface area contributed by atoms with Crippen molar-refractivity contribution < 1.29 is 0 Å². The van der Waals surface area contributed by atoms with Crippen LogP contribution in [-0.2, 0) is 6.42 Å². The zero-order valence-electron chi connectivity index (χ0n) is 9.54. The average molecular weight is 244 g/mol. The van der Waals surface area contributed by atoms with Gasteiger partial charge in [0.2, 0.25) is 0 Å². The highest BCUT2D eigenvalue weighted by Crippen LogP contribution is 2.29. The molecule has 0 atom stereocenters. The fourth-order valence-corrected chi connectivity index (χ4v) is 2.50. The second kappa shape index (κ2) is 4.42. The van der Waals surface area contributed by atoms with Crippen LogP contribution in [0.3, 0.4) is 0 Å². The third kappa shape index (κ3) is 2.16. The van der Waals surface area contributed by atoms with Gasteiger partial charge in [0.1, 0.15) is 0 Å². The molecule has 17 heavy (non-hydrogen) atoms. The van der Waals surface area contributed by atoms with E-state index in [1.807, 2.05) is 18.2 Å². The maximum atomic E-state index is 6.02. The molecule has 1 heterocycles. The number of anilines is 1.